The van der Waals surface area contributed by atoms with E-state index in [-0.39, 0.29) is 17.9 Å². The van der Waals surface area contributed by atoms with E-state index in [9.17, 15) is 14.7 Å². The van der Waals surface area contributed by atoms with Crippen molar-refractivity contribution >= 4 is 17.4 Å². The number of methoxy groups -OCH3 is 1. The van der Waals surface area contributed by atoms with Crippen molar-refractivity contribution in [3.63, 3.8) is 0 Å². The number of carbonyl (C=O) groups is 2. The lowest BCUT2D eigenvalue weighted by Crippen LogP contribution is -2.31. The molecule has 190 valence electrons. The molecule has 4 rings (SSSR count). The summed E-state index contributed by atoms with van der Waals surface area (Å²) in [6.45, 7) is 4.69. The molecule has 0 spiro atoms. The molecule has 7 nitrogen and oxygen atoms in total. The number of aliphatic hydroxyl groups excluding tert-OH is 1. The van der Waals surface area contributed by atoms with Gasteiger partial charge in [0.25, 0.3) is 11.7 Å². The van der Waals surface area contributed by atoms with Gasteiger partial charge in [0.1, 0.15) is 29.6 Å². The van der Waals surface area contributed by atoms with E-state index in [4.69, 9.17) is 14.2 Å². The number of para-hydroxylation sites is 1. The molecule has 37 heavy (non-hydrogen) atoms. The van der Waals surface area contributed by atoms with E-state index in [1.54, 1.807) is 55.7 Å². The Morgan fingerprint density at radius 2 is 1.70 bits per heavy atom. The van der Waals surface area contributed by atoms with Crippen molar-refractivity contribution < 1.29 is 28.9 Å². The number of ketones is 1. The van der Waals surface area contributed by atoms with Crippen molar-refractivity contribution in [1.82, 2.24) is 4.90 Å². The van der Waals surface area contributed by atoms with E-state index in [1.165, 1.54) is 4.90 Å². The minimum Gasteiger partial charge on any atom is -0.507 e. The molecule has 1 saturated heterocycles. The molecule has 1 heterocycles. The van der Waals surface area contributed by atoms with E-state index in [2.05, 4.69) is 6.58 Å². The van der Waals surface area contributed by atoms with Crippen molar-refractivity contribution in [1.29, 1.82) is 0 Å². The molecule has 0 aromatic heterocycles. The van der Waals surface area contributed by atoms with Gasteiger partial charge in [0.15, 0.2) is 0 Å². The zero-order chi connectivity index (χ0) is 26.2. The Morgan fingerprint density at radius 1 is 0.973 bits per heavy atom. The minimum absolute atomic E-state index is 0.0269. The number of Topliss-reactive ketones (excluding diaryl/α,β-unsaturated/α-hetero) is 1. The summed E-state index contributed by atoms with van der Waals surface area (Å²) in [6.07, 6.45) is 2.17. The van der Waals surface area contributed by atoms with E-state index < -0.39 is 17.7 Å². The molecule has 3 aromatic carbocycles. The van der Waals surface area contributed by atoms with Gasteiger partial charge in [-0.25, -0.2) is 0 Å². The summed E-state index contributed by atoms with van der Waals surface area (Å²) in [5.41, 5.74) is 1.08. The average molecular weight is 500 g/mol. The van der Waals surface area contributed by atoms with Gasteiger partial charge in [-0.05, 0) is 60.5 Å². The largest absolute Gasteiger partial charge is 0.507 e. The molecule has 7 heteroatoms. The Kier molecular flexibility index (Phi) is 8.38. The quantitative estimate of drug-likeness (QED) is 0.123. The fraction of sp³-hybridized carbons (Fsp3) is 0.200. The van der Waals surface area contributed by atoms with Crippen molar-refractivity contribution in [3.05, 3.63) is 108 Å². The summed E-state index contributed by atoms with van der Waals surface area (Å²) in [6, 6.07) is 22.4. The van der Waals surface area contributed by atoms with Gasteiger partial charge in [-0.15, -0.1) is 0 Å². The maximum Gasteiger partial charge on any atom is 0.295 e. The van der Waals surface area contributed by atoms with Crippen LogP contribution in [0.5, 0.6) is 17.2 Å². The number of likely N-dealkylation sites (tertiary alicyclic amines) is 1. The Hall–Kier alpha value is -4.36. The number of hydrogen-bond donors (Lipinski definition) is 1. The number of hydrogen-bond acceptors (Lipinski definition) is 6. The van der Waals surface area contributed by atoms with Crippen molar-refractivity contribution in [2.24, 2.45) is 0 Å². The fourth-order valence-electron chi connectivity index (χ4n) is 4.23. The molecule has 0 saturated carbocycles. The second-order valence-corrected chi connectivity index (χ2v) is 8.45. The highest BCUT2D eigenvalue weighted by molar-refractivity contribution is 6.46. The number of carbonyl (C=O) groups excluding carboxylic acids is 2. The molecule has 1 aliphatic rings. The SMILES string of the molecule is C=CCOc1ccc(C(O)=C2C(=O)C(=O)N(CCCOC)C2c2cccc(Oc3ccccc3)c2)cc1. The predicted molar refractivity (Wildman–Crippen MR) is 141 cm³/mol. The Morgan fingerprint density at radius 3 is 2.41 bits per heavy atom. The van der Waals surface area contributed by atoms with Crippen molar-refractivity contribution in [2.45, 2.75) is 12.5 Å². The van der Waals surface area contributed by atoms with Crippen LogP contribution in [-0.4, -0.2) is 48.6 Å². The highest BCUT2D eigenvalue weighted by atomic mass is 16.5. The highest BCUT2D eigenvalue weighted by Gasteiger charge is 2.45. The second kappa shape index (κ2) is 12.1. The first-order valence-corrected chi connectivity index (χ1v) is 12.0. The van der Waals surface area contributed by atoms with Crippen LogP contribution in [0.25, 0.3) is 5.76 Å². The Labute approximate surface area is 216 Å². The van der Waals surface area contributed by atoms with E-state index in [0.29, 0.717) is 48.0 Å². The first kappa shape index (κ1) is 25.7. The van der Waals surface area contributed by atoms with Crippen LogP contribution < -0.4 is 9.47 Å². The first-order valence-electron chi connectivity index (χ1n) is 12.0. The molecule has 0 aliphatic carbocycles. The molecular weight excluding hydrogens is 470 g/mol. The topological polar surface area (TPSA) is 85.3 Å². The maximum atomic E-state index is 13.2. The van der Waals surface area contributed by atoms with Crippen LogP contribution in [0.15, 0.2) is 97.1 Å². The van der Waals surface area contributed by atoms with Gasteiger partial charge in [-0.2, -0.15) is 0 Å². The third-order valence-electron chi connectivity index (χ3n) is 5.94. The van der Waals surface area contributed by atoms with Crippen LogP contribution in [0.1, 0.15) is 23.6 Å². The van der Waals surface area contributed by atoms with Gasteiger partial charge in [-0.1, -0.05) is 43.0 Å². The first-order chi connectivity index (χ1) is 18.0. The Balaban J connectivity index is 1.74. The van der Waals surface area contributed by atoms with Crippen LogP contribution in [-0.2, 0) is 14.3 Å². The molecule has 1 N–H and O–H groups in total. The van der Waals surface area contributed by atoms with Gasteiger partial charge in [-0.3, -0.25) is 9.59 Å². The normalized spacial score (nSPS) is 16.6. The standard InChI is InChI=1S/C30H29NO6/c1-3-18-36-23-15-13-21(14-16-23)28(32)26-27(31(17-8-19-35-2)30(34)29(26)33)22-9-7-12-25(20-22)37-24-10-5-4-6-11-24/h3-7,9-16,20,27,32H,1,8,17-19H2,2H3. The van der Waals surface area contributed by atoms with Crippen molar-refractivity contribution in [3.8, 4) is 17.2 Å². The monoisotopic (exact) mass is 499 g/mol. The molecule has 1 amide bonds. The van der Waals surface area contributed by atoms with Crippen LogP contribution in [0.4, 0.5) is 0 Å². The summed E-state index contributed by atoms with van der Waals surface area (Å²) in [5.74, 6) is 0.160. The summed E-state index contributed by atoms with van der Waals surface area (Å²) in [5, 5.41) is 11.3. The van der Waals surface area contributed by atoms with Gasteiger partial charge in [0.2, 0.25) is 0 Å². The van der Waals surface area contributed by atoms with E-state index >= 15 is 0 Å². The summed E-state index contributed by atoms with van der Waals surface area (Å²) < 4.78 is 16.6. The number of aliphatic hydroxyl groups is 1. The molecule has 1 fully saturated rings. The van der Waals surface area contributed by atoms with Crippen LogP contribution in [0, 0.1) is 0 Å². The molecule has 3 aromatic rings. The smallest absolute Gasteiger partial charge is 0.295 e. The molecule has 1 aliphatic heterocycles. The zero-order valence-corrected chi connectivity index (χ0v) is 20.6. The molecular formula is C30H29NO6. The lowest BCUT2D eigenvalue weighted by molar-refractivity contribution is -0.140. The Bertz CT molecular complexity index is 1280. The van der Waals surface area contributed by atoms with Gasteiger partial charge in [0, 0.05) is 25.8 Å². The van der Waals surface area contributed by atoms with Gasteiger partial charge >= 0.3 is 0 Å². The molecule has 1 atom stereocenters. The van der Waals surface area contributed by atoms with Crippen LogP contribution in [0.3, 0.4) is 0 Å². The zero-order valence-electron chi connectivity index (χ0n) is 20.6. The van der Waals surface area contributed by atoms with Gasteiger partial charge < -0.3 is 24.2 Å². The third-order valence-corrected chi connectivity index (χ3v) is 5.94. The number of amides is 1. The van der Waals surface area contributed by atoms with Crippen molar-refractivity contribution in [2.75, 3.05) is 26.9 Å². The summed E-state index contributed by atoms with van der Waals surface area (Å²) in [4.78, 5) is 27.8. The highest BCUT2D eigenvalue weighted by Crippen LogP contribution is 2.40. The molecule has 0 bridgehead atoms. The number of nitrogens with zero attached hydrogens (tertiary/aromatic N) is 1. The summed E-state index contributed by atoms with van der Waals surface area (Å²) in [7, 11) is 1.58. The van der Waals surface area contributed by atoms with Crippen LogP contribution in [0.2, 0.25) is 0 Å². The van der Waals surface area contributed by atoms with E-state index in [1.807, 2.05) is 36.4 Å². The number of benzene rings is 3. The third kappa shape index (κ3) is 5.90. The number of rotatable bonds is 11. The fourth-order valence-corrected chi connectivity index (χ4v) is 4.23. The lowest BCUT2D eigenvalue weighted by atomic mass is 9.95. The average Bonchev–Trinajstić information content (AvgIpc) is 3.18. The molecule has 1 unspecified atom stereocenters. The lowest BCUT2D eigenvalue weighted by Gasteiger charge is -2.25. The number of ether oxygens (including phenoxy) is 3. The van der Waals surface area contributed by atoms with E-state index in [0.717, 1.165) is 0 Å². The second-order valence-electron chi connectivity index (χ2n) is 8.45. The van der Waals surface area contributed by atoms with Gasteiger partial charge in [0.05, 0.1) is 11.6 Å². The molecule has 0 radical (unpaired) electrons. The summed E-state index contributed by atoms with van der Waals surface area (Å²) >= 11 is 0. The predicted octanol–water partition coefficient (Wildman–Crippen LogP) is 5.50. The van der Waals surface area contributed by atoms with Crippen LogP contribution >= 0.6 is 0 Å². The maximum absolute atomic E-state index is 13.2. The minimum atomic E-state index is -0.784.